The van der Waals surface area contributed by atoms with E-state index in [0.717, 1.165) is 13.3 Å². The van der Waals surface area contributed by atoms with Gasteiger partial charge in [0.2, 0.25) is 5.82 Å². The molecule has 0 aliphatic heterocycles. The van der Waals surface area contributed by atoms with Crippen LogP contribution in [0.2, 0.25) is 0 Å². The predicted octanol–water partition coefficient (Wildman–Crippen LogP) is 1.76. The van der Waals surface area contributed by atoms with Crippen molar-refractivity contribution in [3.05, 3.63) is 16.4 Å². The summed E-state index contributed by atoms with van der Waals surface area (Å²) in [6.07, 6.45) is -5.98. The van der Waals surface area contributed by atoms with Gasteiger partial charge >= 0.3 is 11.9 Å². The van der Waals surface area contributed by atoms with Crippen molar-refractivity contribution in [1.29, 1.82) is 0 Å². The number of hydrogen-bond donors (Lipinski definition) is 1. The summed E-state index contributed by atoms with van der Waals surface area (Å²) in [5.41, 5.74) is -0.740. The third-order valence-corrected chi connectivity index (χ3v) is 1.96. The fourth-order valence-corrected chi connectivity index (χ4v) is 1.03. The SMILES string of the molecule is CNc1ncnc(OC(C)C(F)(F)F)c1[N+](=O)[O-]. The number of ether oxygens (including phenoxy) is 1. The van der Waals surface area contributed by atoms with Crippen LogP contribution in [0.3, 0.4) is 0 Å². The number of nitro groups is 1. The molecule has 0 bridgehead atoms. The molecule has 1 unspecified atom stereocenters. The zero-order valence-electron chi connectivity index (χ0n) is 9.35. The predicted molar refractivity (Wildman–Crippen MR) is 54.4 cm³/mol. The average molecular weight is 266 g/mol. The molecule has 1 rings (SSSR count). The summed E-state index contributed by atoms with van der Waals surface area (Å²) in [5.74, 6) is -0.955. The van der Waals surface area contributed by atoms with E-state index in [2.05, 4.69) is 20.0 Å². The largest absolute Gasteiger partial charge is 0.460 e. The van der Waals surface area contributed by atoms with Crippen LogP contribution in [0.5, 0.6) is 5.88 Å². The van der Waals surface area contributed by atoms with E-state index in [0.29, 0.717) is 0 Å². The molecule has 0 aliphatic carbocycles. The standard InChI is InChI=1S/C8H9F3N4O3/c1-4(8(9,10)11)18-7-5(15(16)17)6(12-2)13-3-14-7/h3-4H,1-2H3,(H,12,13,14). The highest BCUT2D eigenvalue weighted by Crippen LogP contribution is 2.33. The highest BCUT2D eigenvalue weighted by molar-refractivity contribution is 5.60. The second-order valence-corrected chi connectivity index (χ2v) is 3.18. The van der Waals surface area contributed by atoms with E-state index in [1.807, 2.05) is 0 Å². The summed E-state index contributed by atoms with van der Waals surface area (Å²) in [6, 6.07) is 0. The Morgan fingerprint density at radius 3 is 2.56 bits per heavy atom. The second kappa shape index (κ2) is 5.02. The van der Waals surface area contributed by atoms with Crippen molar-refractivity contribution < 1.29 is 22.8 Å². The molecule has 18 heavy (non-hydrogen) atoms. The van der Waals surface area contributed by atoms with Gasteiger partial charge in [0.05, 0.1) is 4.92 Å². The first-order valence-electron chi connectivity index (χ1n) is 4.68. The Morgan fingerprint density at radius 2 is 2.11 bits per heavy atom. The normalized spacial score (nSPS) is 12.9. The molecule has 1 aromatic heterocycles. The zero-order chi connectivity index (χ0) is 13.9. The maximum Gasteiger partial charge on any atom is 0.425 e. The smallest absolute Gasteiger partial charge is 0.425 e. The molecule has 100 valence electrons. The van der Waals surface area contributed by atoms with E-state index in [1.54, 1.807) is 0 Å². The lowest BCUT2D eigenvalue weighted by Gasteiger charge is -2.16. The van der Waals surface area contributed by atoms with Crippen molar-refractivity contribution >= 4 is 11.5 Å². The number of nitrogens with zero attached hydrogens (tertiary/aromatic N) is 3. The zero-order valence-corrected chi connectivity index (χ0v) is 9.35. The quantitative estimate of drug-likeness (QED) is 0.659. The van der Waals surface area contributed by atoms with Crippen LogP contribution in [0.15, 0.2) is 6.33 Å². The van der Waals surface area contributed by atoms with Gasteiger partial charge in [0.15, 0.2) is 6.10 Å². The molecular weight excluding hydrogens is 257 g/mol. The molecule has 10 heteroatoms. The van der Waals surface area contributed by atoms with Crippen LogP contribution < -0.4 is 10.1 Å². The summed E-state index contributed by atoms with van der Waals surface area (Å²) in [4.78, 5) is 16.7. The van der Waals surface area contributed by atoms with E-state index in [1.165, 1.54) is 7.05 Å². The Morgan fingerprint density at radius 1 is 1.50 bits per heavy atom. The van der Waals surface area contributed by atoms with Crippen LogP contribution in [-0.4, -0.2) is 34.2 Å². The molecule has 0 radical (unpaired) electrons. The van der Waals surface area contributed by atoms with Gasteiger partial charge in [-0.05, 0) is 6.92 Å². The van der Waals surface area contributed by atoms with Gasteiger partial charge in [0.25, 0.3) is 5.88 Å². The Balaban J connectivity index is 3.13. The lowest BCUT2D eigenvalue weighted by atomic mass is 10.4. The molecule has 1 atom stereocenters. The lowest BCUT2D eigenvalue weighted by Crippen LogP contribution is -2.31. The molecule has 7 nitrogen and oxygen atoms in total. The first kappa shape index (κ1) is 13.9. The van der Waals surface area contributed by atoms with E-state index in [9.17, 15) is 23.3 Å². The molecular formula is C8H9F3N4O3. The number of anilines is 1. The Hall–Kier alpha value is -2.13. The summed E-state index contributed by atoms with van der Waals surface area (Å²) >= 11 is 0. The summed E-state index contributed by atoms with van der Waals surface area (Å²) in [7, 11) is 1.34. The van der Waals surface area contributed by atoms with Crippen molar-refractivity contribution in [2.24, 2.45) is 0 Å². The molecule has 0 amide bonds. The molecule has 0 aliphatic rings. The number of rotatable bonds is 4. The van der Waals surface area contributed by atoms with Gasteiger partial charge in [-0.2, -0.15) is 18.2 Å². The Bertz CT molecular complexity index is 452. The number of hydrogen-bond acceptors (Lipinski definition) is 6. The number of halogens is 3. The van der Waals surface area contributed by atoms with Crippen molar-refractivity contribution in [3.8, 4) is 5.88 Å². The van der Waals surface area contributed by atoms with Crippen molar-refractivity contribution in [3.63, 3.8) is 0 Å². The maximum absolute atomic E-state index is 12.3. The maximum atomic E-state index is 12.3. The van der Waals surface area contributed by atoms with Crippen molar-refractivity contribution in [2.45, 2.75) is 19.2 Å². The number of aromatic nitrogens is 2. The van der Waals surface area contributed by atoms with Gasteiger partial charge in [-0.15, -0.1) is 0 Å². The van der Waals surface area contributed by atoms with Gasteiger partial charge in [-0.1, -0.05) is 0 Å². The van der Waals surface area contributed by atoms with Crippen LogP contribution in [0.4, 0.5) is 24.7 Å². The third-order valence-electron chi connectivity index (χ3n) is 1.96. The molecule has 0 fully saturated rings. The van der Waals surface area contributed by atoms with Crippen LogP contribution in [0.1, 0.15) is 6.92 Å². The van der Waals surface area contributed by atoms with Crippen LogP contribution in [0.25, 0.3) is 0 Å². The molecule has 0 aromatic carbocycles. The van der Waals surface area contributed by atoms with Crippen LogP contribution in [0, 0.1) is 10.1 Å². The second-order valence-electron chi connectivity index (χ2n) is 3.18. The Kier molecular flexibility index (Phi) is 3.89. The van der Waals surface area contributed by atoms with Crippen molar-refractivity contribution in [2.75, 3.05) is 12.4 Å². The summed E-state index contributed by atoms with van der Waals surface area (Å²) < 4.78 is 41.3. The van der Waals surface area contributed by atoms with Crippen LogP contribution in [-0.2, 0) is 0 Å². The minimum atomic E-state index is -4.64. The number of nitrogens with one attached hydrogen (secondary N) is 1. The van der Waals surface area contributed by atoms with Gasteiger partial charge < -0.3 is 10.1 Å². The molecule has 0 saturated carbocycles. The summed E-state index contributed by atoms with van der Waals surface area (Å²) in [5, 5.41) is 13.1. The Labute approximate surface area is 99.1 Å². The van der Waals surface area contributed by atoms with Crippen LogP contribution >= 0.6 is 0 Å². The minimum Gasteiger partial charge on any atom is -0.460 e. The monoisotopic (exact) mass is 266 g/mol. The van der Waals surface area contributed by atoms with Gasteiger partial charge in [0.1, 0.15) is 6.33 Å². The highest BCUT2D eigenvalue weighted by atomic mass is 19.4. The highest BCUT2D eigenvalue weighted by Gasteiger charge is 2.40. The molecule has 0 spiro atoms. The number of alkyl halides is 3. The van der Waals surface area contributed by atoms with E-state index >= 15 is 0 Å². The van der Waals surface area contributed by atoms with Gasteiger partial charge in [-0.25, -0.2) is 4.98 Å². The third kappa shape index (κ3) is 2.96. The average Bonchev–Trinajstić information content (AvgIpc) is 2.26. The molecule has 1 N–H and O–H groups in total. The fraction of sp³-hybridized carbons (Fsp3) is 0.500. The first-order chi connectivity index (χ1) is 8.27. The van der Waals surface area contributed by atoms with Gasteiger partial charge in [-0.3, -0.25) is 10.1 Å². The van der Waals surface area contributed by atoms with E-state index < -0.39 is 28.8 Å². The lowest BCUT2D eigenvalue weighted by molar-refractivity contribution is -0.386. The molecule has 1 aromatic rings. The first-order valence-corrected chi connectivity index (χ1v) is 4.68. The minimum absolute atomic E-state index is 0.223. The van der Waals surface area contributed by atoms with E-state index in [4.69, 9.17) is 0 Å². The van der Waals surface area contributed by atoms with Crippen molar-refractivity contribution in [1.82, 2.24) is 9.97 Å². The topological polar surface area (TPSA) is 90.2 Å². The fourth-order valence-electron chi connectivity index (χ4n) is 1.03. The molecule has 1 heterocycles. The summed E-state index contributed by atoms with van der Waals surface area (Å²) in [6.45, 7) is 0.727. The van der Waals surface area contributed by atoms with Gasteiger partial charge in [0, 0.05) is 7.05 Å². The van der Waals surface area contributed by atoms with E-state index in [-0.39, 0.29) is 5.82 Å². The molecule has 0 saturated heterocycles.